The molecule has 6 heteroatoms. The first kappa shape index (κ1) is 15.6. The number of nitrogens with zero attached hydrogens (tertiary/aromatic N) is 4. The Balaban J connectivity index is 1.44. The van der Waals surface area contributed by atoms with Crippen molar-refractivity contribution >= 4 is 22.6 Å². The average molecular weight is 335 g/mol. The normalized spacial score (nSPS) is 15.5. The van der Waals surface area contributed by atoms with Crippen molar-refractivity contribution in [1.29, 1.82) is 0 Å². The highest BCUT2D eigenvalue weighted by atomic mass is 16.2. The van der Waals surface area contributed by atoms with Crippen LogP contribution in [-0.2, 0) is 0 Å². The lowest BCUT2D eigenvalue weighted by atomic mass is 10.0. The molecule has 0 atom stereocenters. The molecule has 2 aromatic heterocycles. The van der Waals surface area contributed by atoms with Crippen LogP contribution >= 0.6 is 0 Å². The molecule has 25 heavy (non-hydrogen) atoms. The number of carbonyl (C=O) groups is 1. The first-order valence-electron chi connectivity index (χ1n) is 8.58. The van der Waals surface area contributed by atoms with Gasteiger partial charge in [0.05, 0.1) is 5.56 Å². The van der Waals surface area contributed by atoms with Crippen LogP contribution in [0.4, 0.5) is 5.82 Å². The third-order valence-electron chi connectivity index (χ3n) is 5.05. The Morgan fingerprint density at radius 1 is 1.24 bits per heavy atom. The number of rotatable bonds is 3. The van der Waals surface area contributed by atoms with Crippen LogP contribution in [0.3, 0.4) is 0 Å². The van der Waals surface area contributed by atoms with Crippen LogP contribution in [0.5, 0.6) is 0 Å². The van der Waals surface area contributed by atoms with E-state index < -0.39 is 0 Å². The summed E-state index contributed by atoms with van der Waals surface area (Å²) in [7, 11) is 2.06. The van der Waals surface area contributed by atoms with Gasteiger partial charge in [0, 0.05) is 49.5 Å². The molecule has 1 N–H and O–H groups in total. The summed E-state index contributed by atoms with van der Waals surface area (Å²) in [6.45, 7) is 1.52. The molecule has 1 fully saturated rings. The van der Waals surface area contributed by atoms with Crippen molar-refractivity contribution in [2.24, 2.45) is 0 Å². The van der Waals surface area contributed by atoms with E-state index in [1.165, 1.54) is 0 Å². The topological polar surface area (TPSA) is 65.1 Å². The molecule has 1 saturated heterocycles. The van der Waals surface area contributed by atoms with Crippen LogP contribution in [0.25, 0.3) is 10.9 Å². The Bertz CT molecular complexity index is 868. The second kappa shape index (κ2) is 6.55. The van der Waals surface area contributed by atoms with E-state index in [4.69, 9.17) is 0 Å². The maximum absolute atomic E-state index is 12.9. The average Bonchev–Trinajstić information content (AvgIpc) is 3.12. The fourth-order valence-corrected chi connectivity index (χ4v) is 3.55. The summed E-state index contributed by atoms with van der Waals surface area (Å²) in [5.74, 6) is 1.04. The second-order valence-corrected chi connectivity index (χ2v) is 6.45. The number of H-pyrrole nitrogens is 1. The van der Waals surface area contributed by atoms with E-state index >= 15 is 0 Å². The predicted molar refractivity (Wildman–Crippen MR) is 97.7 cm³/mol. The van der Waals surface area contributed by atoms with E-state index in [1.54, 1.807) is 12.5 Å². The minimum absolute atomic E-state index is 0.112. The molecule has 3 heterocycles. The van der Waals surface area contributed by atoms with Crippen LogP contribution < -0.4 is 4.90 Å². The Morgan fingerprint density at radius 2 is 2.04 bits per heavy atom. The number of aromatic amines is 1. The van der Waals surface area contributed by atoms with Crippen LogP contribution in [0.15, 0.2) is 49.1 Å². The molecule has 1 aliphatic heterocycles. The van der Waals surface area contributed by atoms with E-state index in [2.05, 4.69) is 26.9 Å². The number of likely N-dealkylation sites (tertiary alicyclic amines) is 1. The molecule has 0 unspecified atom stereocenters. The first-order chi connectivity index (χ1) is 12.2. The number of nitrogens with one attached hydrogen (secondary N) is 1. The zero-order chi connectivity index (χ0) is 17.2. The Kier molecular flexibility index (Phi) is 4.09. The van der Waals surface area contributed by atoms with Gasteiger partial charge in [-0.15, -0.1) is 0 Å². The minimum Gasteiger partial charge on any atom is -0.360 e. The van der Waals surface area contributed by atoms with E-state index in [-0.39, 0.29) is 5.91 Å². The van der Waals surface area contributed by atoms with Crippen molar-refractivity contribution in [3.05, 3.63) is 54.6 Å². The van der Waals surface area contributed by atoms with Gasteiger partial charge in [-0.1, -0.05) is 18.2 Å². The maximum atomic E-state index is 12.9. The van der Waals surface area contributed by atoms with Crippen LogP contribution in [0.1, 0.15) is 23.2 Å². The molecule has 3 aromatic rings. The second-order valence-electron chi connectivity index (χ2n) is 6.45. The predicted octanol–water partition coefficient (Wildman–Crippen LogP) is 2.70. The number of benzene rings is 1. The molecule has 0 aliphatic carbocycles. The minimum atomic E-state index is 0.112. The molecule has 0 radical (unpaired) electrons. The molecule has 1 amide bonds. The summed E-state index contributed by atoms with van der Waals surface area (Å²) in [6.07, 6.45) is 7.03. The van der Waals surface area contributed by atoms with Crippen molar-refractivity contribution in [3.8, 4) is 0 Å². The van der Waals surface area contributed by atoms with Crippen LogP contribution in [-0.4, -0.2) is 51.9 Å². The number of hydrogen-bond acceptors (Lipinski definition) is 4. The van der Waals surface area contributed by atoms with Gasteiger partial charge in [-0.05, 0) is 25.0 Å². The lowest BCUT2D eigenvalue weighted by Crippen LogP contribution is -2.45. The van der Waals surface area contributed by atoms with Crippen molar-refractivity contribution in [2.75, 3.05) is 25.0 Å². The Labute approximate surface area is 146 Å². The van der Waals surface area contributed by atoms with Gasteiger partial charge in [-0.2, -0.15) is 0 Å². The van der Waals surface area contributed by atoms with E-state index in [1.807, 2.05) is 41.4 Å². The number of para-hydroxylation sites is 1. The molecule has 0 spiro atoms. The molecule has 0 bridgehead atoms. The van der Waals surface area contributed by atoms with Gasteiger partial charge in [-0.3, -0.25) is 4.79 Å². The zero-order valence-corrected chi connectivity index (χ0v) is 14.2. The number of carbonyl (C=O) groups excluding carboxylic acids is 1. The summed E-state index contributed by atoms with van der Waals surface area (Å²) in [5.41, 5.74) is 1.77. The number of aromatic nitrogens is 3. The summed E-state index contributed by atoms with van der Waals surface area (Å²) >= 11 is 0. The lowest BCUT2D eigenvalue weighted by Gasteiger charge is -2.37. The number of hydrogen-bond donors (Lipinski definition) is 1. The summed E-state index contributed by atoms with van der Waals surface area (Å²) in [4.78, 5) is 28.5. The number of fused-ring (bicyclic) bond motifs is 1. The number of anilines is 1. The molecule has 6 nitrogen and oxygen atoms in total. The molecule has 128 valence electrons. The van der Waals surface area contributed by atoms with E-state index in [9.17, 15) is 4.79 Å². The standard InChI is InChI=1S/C19H21N5O/c1-23(18-6-9-20-13-22-18)14-7-10-24(11-8-14)19(25)16-12-21-17-5-3-2-4-15(16)17/h2-6,9,12-14,21H,7-8,10-11H2,1H3. The van der Waals surface area contributed by atoms with Gasteiger partial charge in [0.1, 0.15) is 12.1 Å². The highest BCUT2D eigenvalue weighted by Crippen LogP contribution is 2.24. The molecule has 4 rings (SSSR count). The third kappa shape index (κ3) is 2.95. The molecule has 1 aliphatic rings. The van der Waals surface area contributed by atoms with Crippen molar-refractivity contribution in [3.63, 3.8) is 0 Å². The van der Waals surface area contributed by atoms with Crippen LogP contribution in [0.2, 0.25) is 0 Å². The maximum Gasteiger partial charge on any atom is 0.256 e. The lowest BCUT2D eigenvalue weighted by molar-refractivity contribution is 0.0715. The SMILES string of the molecule is CN(c1ccncn1)C1CCN(C(=O)c2c[nH]c3ccccc23)CC1. The number of amides is 1. The van der Waals surface area contributed by atoms with Crippen LogP contribution in [0, 0.1) is 0 Å². The quantitative estimate of drug-likeness (QED) is 0.799. The molecule has 1 aromatic carbocycles. The van der Waals surface area contributed by atoms with Gasteiger partial charge in [0.2, 0.25) is 0 Å². The molecular formula is C19H21N5O. The highest BCUT2D eigenvalue weighted by molar-refractivity contribution is 6.06. The summed E-state index contributed by atoms with van der Waals surface area (Å²) in [5, 5.41) is 0.993. The summed E-state index contributed by atoms with van der Waals surface area (Å²) < 4.78 is 0. The van der Waals surface area contributed by atoms with Gasteiger partial charge >= 0.3 is 0 Å². The fourth-order valence-electron chi connectivity index (χ4n) is 3.55. The van der Waals surface area contributed by atoms with Gasteiger partial charge in [-0.25, -0.2) is 9.97 Å². The smallest absolute Gasteiger partial charge is 0.256 e. The summed E-state index contributed by atoms with van der Waals surface area (Å²) in [6, 6.07) is 10.2. The largest absolute Gasteiger partial charge is 0.360 e. The highest BCUT2D eigenvalue weighted by Gasteiger charge is 2.27. The van der Waals surface area contributed by atoms with E-state index in [0.29, 0.717) is 6.04 Å². The molecular weight excluding hydrogens is 314 g/mol. The van der Waals surface area contributed by atoms with Crippen molar-refractivity contribution < 1.29 is 4.79 Å². The fraction of sp³-hybridized carbons (Fsp3) is 0.316. The Morgan fingerprint density at radius 3 is 2.80 bits per heavy atom. The van der Waals surface area contributed by atoms with Gasteiger partial charge < -0.3 is 14.8 Å². The third-order valence-corrected chi connectivity index (χ3v) is 5.05. The zero-order valence-electron chi connectivity index (χ0n) is 14.2. The Hall–Kier alpha value is -2.89. The monoisotopic (exact) mass is 335 g/mol. The van der Waals surface area contributed by atoms with E-state index in [0.717, 1.165) is 48.2 Å². The van der Waals surface area contributed by atoms with Gasteiger partial charge in [0.15, 0.2) is 0 Å². The van der Waals surface area contributed by atoms with Gasteiger partial charge in [0.25, 0.3) is 5.91 Å². The number of piperidine rings is 1. The van der Waals surface area contributed by atoms with Crippen molar-refractivity contribution in [1.82, 2.24) is 19.9 Å². The molecule has 0 saturated carbocycles. The first-order valence-corrected chi connectivity index (χ1v) is 8.58. The van der Waals surface area contributed by atoms with Crippen molar-refractivity contribution in [2.45, 2.75) is 18.9 Å².